The molecule has 2 fully saturated rings. The van der Waals surface area contributed by atoms with Crippen molar-refractivity contribution in [2.75, 3.05) is 6.54 Å². The van der Waals surface area contributed by atoms with Crippen LogP contribution in [0.1, 0.15) is 32.1 Å². The maximum absolute atomic E-state index is 12.8. The van der Waals surface area contributed by atoms with E-state index < -0.39 is 6.17 Å². The fraction of sp³-hybridized carbons (Fsp3) is 1.00. The van der Waals surface area contributed by atoms with Crippen molar-refractivity contribution >= 4 is 12.4 Å². The molecule has 1 unspecified atom stereocenters. The summed E-state index contributed by atoms with van der Waals surface area (Å²) in [6.07, 6.45) is 5.19. The van der Waals surface area contributed by atoms with Crippen molar-refractivity contribution in [1.82, 2.24) is 5.32 Å². The molecule has 0 amide bonds. The lowest BCUT2D eigenvalue weighted by atomic mass is 9.95. The first-order valence-corrected chi connectivity index (χ1v) is 4.20. The highest BCUT2D eigenvalue weighted by molar-refractivity contribution is 5.85. The van der Waals surface area contributed by atoms with Crippen LogP contribution in [0.25, 0.3) is 0 Å². The minimum Gasteiger partial charge on any atom is -0.308 e. The van der Waals surface area contributed by atoms with Crippen molar-refractivity contribution in [2.24, 2.45) is 0 Å². The number of hydrogen-bond donors (Lipinski definition) is 1. The Bertz CT molecular complexity index is 134. The highest BCUT2D eigenvalue weighted by Crippen LogP contribution is 2.37. The molecule has 1 heterocycles. The van der Waals surface area contributed by atoms with Gasteiger partial charge in [-0.05, 0) is 19.3 Å². The second-order valence-corrected chi connectivity index (χ2v) is 3.67. The Morgan fingerprint density at radius 1 is 1.27 bits per heavy atom. The lowest BCUT2D eigenvalue weighted by Crippen LogP contribution is -2.35. The van der Waals surface area contributed by atoms with Crippen LogP contribution in [-0.4, -0.2) is 18.3 Å². The molecular formula is C8H15ClFN. The zero-order valence-corrected chi connectivity index (χ0v) is 7.42. The smallest absolute Gasteiger partial charge is 0.114 e. The van der Waals surface area contributed by atoms with Gasteiger partial charge in [0.05, 0.1) is 0 Å². The minimum absolute atomic E-state index is 0. The molecule has 66 valence electrons. The van der Waals surface area contributed by atoms with Crippen LogP contribution in [0.5, 0.6) is 0 Å². The van der Waals surface area contributed by atoms with E-state index in [9.17, 15) is 4.39 Å². The van der Waals surface area contributed by atoms with Gasteiger partial charge in [0.2, 0.25) is 0 Å². The first-order valence-electron chi connectivity index (χ1n) is 4.20. The minimum atomic E-state index is -0.571. The van der Waals surface area contributed by atoms with Gasteiger partial charge >= 0.3 is 0 Å². The molecule has 11 heavy (non-hydrogen) atoms. The Morgan fingerprint density at radius 2 is 1.91 bits per heavy atom. The van der Waals surface area contributed by atoms with E-state index in [1.54, 1.807) is 0 Å². The quantitative estimate of drug-likeness (QED) is 0.600. The zero-order chi connectivity index (χ0) is 7.03. The summed E-state index contributed by atoms with van der Waals surface area (Å²) in [6.45, 7) is 0.597. The molecule has 1 N–H and O–H groups in total. The second kappa shape index (κ2) is 3.28. The Labute approximate surface area is 73.2 Å². The van der Waals surface area contributed by atoms with E-state index in [1.807, 2.05) is 0 Å². The molecule has 1 atom stereocenters. The van der Waals surface area contributed by atoms with Gasteiger partial charge in [0.1, 0.15) is 6.17 Å². The van der Waals surface area contributed by atoms with Crippen LogP contribution in [0.4, 0.5) is 4.39 Å². The fourth-order valence-electron chi connectivity index (χ4n) is 2.33. The van der Waals surface area contributed by atoms with E-state index in [2.05, 4.69) is 5.32 Å². The van der Waals surface area contributed by atoms with Crippen LogP contribution >= 0.6 is 12.4 Å². The fourth-order valence-corrected chi connectivity index (χ4v) is 2.33. The number of nitrogens with one attached hydrogen (secondary N) is 1. The summed E-state index contributed by atoms with van der Waals surface area (Å²) >= 11 is 0. The first-order chi connectivity index (χ1) is 4.81. The van der Waals surface area contributed by atoms with Crippen molar-refractivity contribution in [2.45, 2.75) is 43.8 Å². The molecule has 0 bridgehead atoms. The molecule has 0 aromatic carbocycles. The maximum atomic E-state index is 12.8. The number of hydrogen-bond acceptors (Lipinski definition) is 1. The summed E-state index contributed by atoms with van der Waals surface area (Å²) < 4.78 is 12.8. The lowest BCUT2D eigenvalue weighted by molar-refractivity contribution is 0.321. The monoisotopic (exact) mass is 179 g/mol. The summed E-state index contributed by atoms with van der Waals surface area (Å²) in [7, 11) is 0. The van der Waals surface area contributed by atoms with Crippen molar-refractivity contribution in [3.63, 3.8) is 0 Å². The molecule has 1 aliphatic heterocycles. The highest BCUT2D eigenvalue weighted by Gasteiger charge is 2.40. The molecule has 1 nitrogen and oxygen atoms in total. The molecule has 2 aliphatic rings. The molecular weight excluding hydrogens is 165 g/mol. The molecule has 2 rings (SSSR count). The van der Waals surface area contributed by atoms with Crippen LogP contribution in [0.15, 0.2) is 0 Å². The van der Waals surface area contributed by atoms with Crippen LogP contribution in [-0.2, 0) is 0 Å². The topological polar surface area (TPSA) is 12.0 Å². The molecule has 3 heteroatoms. The molecule has 1 spiro atoms. The Balaban J connectivity index is 0.000000605. The zero-order valence-electron chi connectivity index (χ0n) is 6.61. The van der Waals surface area contributed by atoms with Gasteiger partial charge in [-0.2, -0.15) is 0 Å². The molecule has 0 aromatic rings. The van der Waals surface area contributed by atoms with E-state index in [0.717, 1.165) is 6.42 Å². The van der Waals surface area contributed by atoms with Gasteiger partial charge in [0.15, 0.2) is 0 Å². The van der Waals surface area contributed by atoms with E-state index in [1.165, 1.54) is 25.7 Å². The third-order valence-corrected chi connectivity index (χ3v) is 2.87. The van der Waals surface area contributed by atoms with Crippen molar-refractivity contribution in [3.8, 4) is 0 Å². The van der Waals surface area contributed by atoms with E-state index in [4.69, 9.17) is 0 Å². The largest absolute Gasteiger partial charge is 0.308 e. The summed E-state index contributed by atoms with van der Waals surface area (Å²) in [5.41, 5.74) is 0.236. The van der Waals surface area contributed by atoms with E-state index in [0.29, 0.717) is 6.54 Å². The van der Waals surface area contributed by atoms with Gasteiger partial charge in [-0.1, -0.05) is 12.8 Å². The molecule has 1 saturated heterocycles. The van der Waals surface area contributed by atoms with Crippen LogP contribution in [0, 0.1) is 0 Å². The van der Waals surface area contributed by atoms with Crippen LogP contribution in [0.3, 0.4) is 0 Å². The molecule has 0 radical (unpaired) electrons. The first kappa shape index (κ1) is 9.27. The summed E-state index contributed by atoms with van der Waals surface area (Å²) in [4.78, 5) is 0. The van der Waals surface area contributed by atoms with Crippen LogP contribution in [0.2, 0.25) is 0 Å². The average molecular weight is 180 g/mol. The average Bonchev–Trinajstić information content (AvgIpc) is 2.46. The number of alkyl halides is 1. The van der Waals surface area contributed by atoms with Gasteiger partial charge in [0, 0.05) is 12.1 Å². The summed E-state index contributed by atoms with van der Waals surface area (Å²) in [6, 6.07) is 0. The Morgan fingerprint density at radius 3 is 2.36 bits per heavy atom. The molecule has 1 aliphatic carbocycles. The van der Waals surface area contributed by atoms with Gasteiger partial charge in [0.25, 0.3) is 0 Å². The highest BCUT2D eigenvalue weighted by atomic mass is 35.5. The predicted octanol–water partition coefficient (Wildman–Crippen LogP) is 2.05. The van der Waals surface area contributed by atoms with Gasteiger partial charge in [-0.15, -0.1) is 12.4 Å². The normalized spacial score (nSPS) is 34.1. The van der Waals surface area contributed by atoms with Gasteiger partial charge < -0.3 is 5.32 Å². The SMILES string of the molecule is Cl.FC1CNC2(CCCC2)C1. The number of rotatable bonds is 0. The Kier molecular flexibility index (Phi) is 2.76. The maximum Gasteiger partial charge on any atom is 0.114 e. The van der Waals surface area contributed by atoms with Gasteiger partial charge in [-0.3, -0.25) is 0 Å². The third-order valence-electron chi connectivity index (χ3n) is 2.87. The van der Waals surface area contributed by atoms with Crippen molar-refractivity contribution < 1.29 is 4.39 Å². The van der Waals surface area contributed by atoms with Crippen LogP contribution < -0.4 is 5.32 Å². The third kappa shape index (κ3) is 1.67. The molecule has 1 saturated carbocycles. The molecule has 0 aromatic heterocycles. The predicted molar refractivity (Wildman–Crippen MR) is 46.0 cm³/mol. The van der Waals surface area contributed by atoms with Crippen molar-refractivity contribution in [3.05, 3.63) is 0 Å². The van der Waals surface area contributed by atoms with E-state index in [-0.39, 0.29) is 17.9 Å². The van der Waals surface area contributed by atoms with E-state index >= 15 is 0 Å². The summed E-state index contributed by atoms with van der Waals surface area (Å²) in [5, 5.41) is 3.31. The second-order valence-electron chi connectivity index (χ2n) is 3.67. The number of halogens is 2. The van der Waals surface area contributed by atoms with Gasteiger partial charge in [-0.25, -0.2) is 4.39 Å². The standard InChI is InChI=1S/C8H14FN.ClH/c9-7-5-8(10-6-7)3-1-2-4-8;/h7,10H,1-6H2;1H. The summed E-state index contributed by atoms with van der Waals surface area (Å²) in [5.74, 6) is 0. The lowest BCUT2D eigenvalue weighted by Gasteiger charge is -2.21. The van der Waals surface area contributed by atoms with Crippen molar-refractivity contribution in [1.29, 1.82) is 0 Å². The Hall–Kier alpha value is 0.180.